The van der Waals surface area contributed by atoms with E-state index in [2.05, 4.69) is 15.1 Å². The third kappa shape index (κ3) is 5.17. The van der Waals surface area contributed by atoms with Crippen LogP contribution < -0.4 is 5.63 Å². The molecule has 42 heavy (non-hydrogen) atoms. The van der Waals surface area contributed by atoms with Crippen LogP contribution in [0.2, 0.25) is 0 Å². The third-order valence-electron chi connectivity index (χ3n) is 6.44. The van der Waals surface area contributed by atoms with Gasteiger partial charge in [-0.15, -0.1) is 0 Å². The third-order valence-corrected chi connectivity index (χ3v) is 6.44. The Kier molecular flexibility index (Phi) is 6.89. The van der Waals surface area contributed by atoms with Crippen molar-refractivity contribution in [3.8, 4) is 23.0 Å². The van der Waals surface area contributed by atoms with Crippen LogP contribution in [-0.4, -0.2) is 37.4 Å². The SMILES string of the molecule is N#C/C(=C(/O)COC(=O)/C=C/c1cn(-c2ccccc2)nc1-c1cc2ccccc2oc1=O)c1nc2ccccc2[nH]1. The van der Waals surface area contributed by atoms with Gasteiger partial charge < -0.3 is 19.2 Å². The predicted octanol–water partition coefficient (Wildman–Crippen LogP) is 5.57. The van der Waals surface area contributed by atoms with E-state index in [1.807, 2.05) is 54.6 Å². The Morgan fingerprint density at radius 2 is 1.83 bits per heavy atom. The van der Waals surface area contributed by atoms with Crippen LogP contribution in [0, 0.1) is 11.3 Å². The zero-order chi connectivity index (χ0) is 29.1. The zero-order valence-corrected chi connectivity index (χ0v) is 21.9. The van der Waals surface area contributed by atoms with Gasteiger partial charge in [-0.2, -0.15) is 10.4 Å². The van der Waals surface area contributed by atoms with Crippen molar-refractivity contribution in [3.63, 3.8) is 0 Å². The Balaban J connectivity index is 1.28. The van der Waals surface area contributed by atoms with Crippen molar-refractivity contribution in [2.24, 2.45) is 0 Å². The number of nitrogens with one attached hydrogen (secondary N) is 1. The van der Waals surface area contributed by atoms with E-state index >= 15 is 0 Å². The van der Waals surface area contributed by atoms with Gasteiger partial charge in [-0.25, -0.2) is 19.3 Å². The van der Waals surface area contributed by atoms with Gasteiger partial charge in [-0.05, 0) is 42.5 Å². The molecule has 0 aliphatic carbocycles. The van der Waals surface area contributed by atoms with Crippen molar-refractivity contribution < 1.29 is 19.1 Å². The maximum absolute atomic E-state index is 12.9. The average molecular weight is 556 g/mol. The van der Waals surface area contributed by atoms with Gasteiger partial charge in [0.2, 0.25) is 0 Å². The maximum atomic E-state index is 12.9. The van der Waals surface area contributed by atoms with Crippen molar-refractivity contribution >= 4 is 39.6 Å². The molecule has 10 heteroatoms. The summed E-state index contributed by atoms with van der Waals surface area (Å²) in [6.45, 7) is -0.548. The average Bonchev–Trinajstić information content (AvgIpc) is 3.64. The molecule has 0 atom stereocenters. The molecular formula is C32H21N5O5. The van der Waals surface area contributed by atoms with E-state index in [4.69, 9.17) is 9.15 Å². The largest absolute Gasteiger partial charge is 0.507 e. The number of aliphatic hydroxyl groups is 1. The summed E-state index contributed by atoms with van der Waals surface area (Å²) >= 11 is 0. The second-order valence-electron chi connectivity index (χ2n) is 9.18. The molecule has 0 fully saturated rings. The Labute approximate surface area is 238 Å². The molecule has 6 rings (SSSR count). The number of para-hydroxylation sites is 4. The van der Waals surface area contributed by atoms with Gasteiger partial charge in [0.15, 0.2) is 11.6 Å². The fourth-order valence-corrected chi connectivity index (χ4v) is 4.40. The molecule has 0 aliphatic heterocycles. The Morgan fingerprint density at radius 3 is 2.64 bits per heavy atom. The number of nitrogens with zero attached hydrogens (tertiary/aromatic N) is 4. The van der Waals surface area contributed by atoms with Gasteiger partial charge in [-0.1, -0.05) is 48.5 Å². The normalized spacial score (nSPS) is 12.0. The lowest BCUT2D eigenvalue weighted by Crippen LogP contribution is -2.06. The Morgan fingerprint density at radius 1 is 1.07 bits per heavy atom. The molecule has 0 radical (unpaired) electrons. The van der Waals surface area contributed by atoms with Gasteiger partial charge in [-0.3, -0.25) is 0 Å². The number of aliphatic hydroxyl groups excluding tert-OH is 1. The van der Waals surface area contributed by atoms with Crippen molar-refractivity contribution in [2.45, 2.75) is 0 Å². The number of rotatable bonds is 7. The lowest BCUT2D eigenvalue weighted by atomic mass is 10.1. The smallest absolute Gasteiger partial charge is 0.345 e. The molecule has 0 amide bonds. The monoisotopic (exact) mass is 555 g/mol. The first-order valence-electron chi connectivity index (χ1n) is 12.8. The van der Waals surface area contributed by atoms with Crippen LogP contribution in [0.3, 0.4) is 0 Å². The van der Waals surface area contributed by atoms with Gasteiger partial charge in [0.1, 0.15) is 29.5 Å². The number of esters is 1. The van der Waals surface area contributed by atoms with Gasteiger partial charge in [0.05, 0.1) is 22.3 Å². The molecule has 0 bridgehead atoms. The quantitative estimate of drug-likeness (QED) is 0.0854. The summed E-state index contributed by atoms with van der Waals surface area (Å²) in [4.78, 5) is 32.8. The number of carbonyl (C=O) groups excluding carboxylic acids is 1. The number of aromatic nitrogens is 4. The summed E-state index contributed by atoms with van der Waals surface area (Å²) in [5, 5.41) is 25.4. The molecule has 0 saturated heterocycles. The molecule has 6 aromatic rings. The van der Waals surface area contributed by atoms with E-state index in [0.29, 0.717) is 27.9 Å². The first kappa shape index (κ1) is 26.0. The highest BCUT2D eigenvalue weighted by Crippen LogP contribution is 2.26. The zero-order valence-electron chi connectivity index (χ0n) is 21.9. The summed E-state index contributed by atoms with van der Waals surface area (Å²) in [5.41, 5.74) is 2.78. The van der Waals surface area contributed by atoms with Crippen LogP contribution in [0.5, 0.6) is 0 Å². The Bertz CT molecular complexity index is 2080. The van der Waals surface area contributed by atoms with Crippen molar-refractivity contribution in [3.05, 3.63) is 125 Å². The number of imidazole rings is 1. The lowest BCUT2D eigenvalue weighted by molar-refractivity contribution is -0.137. The van der Waals surface area contributed by atoms with Gasteiger partial charge in [0.25, 0.3) is 0 Å². The summed E-state index contributed by atoms with van der Waals surface area (Å²) in [6, 6.07) is 27.2. The highest BCUT2D eigenvalue weighted by atomic mass is 16.5. The summed E-state index contributed by atoms with van der Waals surface area (Å²) < 4.78 is 12.3. The molecule has 0 aliphatic rings. The molecule has 10 nitrogen and oxygen atoms in total. The molecular weight excluding hydrogens is 534 g/mol. The number of fused-ring (bicyclic) bond motifs is 2. The van der Waals surface area contributed by atoms with Crippen LogP contribution in [0.25, 0.3) is 50.6 Å². The lowest BCUT2D eigenvalue weighted by Gasteiger charge is -2.03. The van der Waals surface area contributed by atoms with E-state index in [0.717, 1.165) is 17.1 Å². The minimum atomic E-state index is -0.785. The molecule has 3 aromatic heterocycles. The van der Waals surface area contributed by atoms with Crippen molar-refractivity contribution in [1.82, 2.24) is 19.7 Å². The molecule has 0 spiro atoms. The number of nitriles is 1. The van der Waals surface area contributed by atoms with E-state index in [1.54, 1.807) is 47.3 Å². The minimum Gasteiger partial charge on any atom is -0.507 e. The van der Waals surface area contributed by atoms with Crippen molar-refractivity contribution in [2.75, 3.05) is 6.61 Å². The molecule has 0 unspecified atom stereocenters. The van der Waals surface area contributed by atoms with Crippen LogP contribution in [0.1, 0.15) is 11.4 Å². The van der Waals surface area contributed by atoms with E-state index < -0.39 is 24.0 Å². The van der Waals surface area contributed by atoms with Crippen LogP contribution in [-0.2, 0) is 9.53 Å². The highest BCUT2D eigenvalue weighted by molar-refractivity contribution is 5.90. The van der Waals surface area contributed by atoms with E-state index in [1.165, 1.54) is 6.08 Å². The standard InChI is InChI=1S/C32H21N5O5/c33-17-24(31-34-25-11-5-6-12-26(25)35-31)27(38)19-41-29(39)15-14-21-18-37(22-9-2-1-3-10-22)36-30(21)23-16-20-8-4-7-13-28(20)42-32(23)40/h1-16,18,38H,19H2,(H,34,35)/b15-14+,27-24-. The molecule has 3 aromatic carbocycles. The van der Waals surface area contributed by atoms with E-state index in [-0.39, 0.29) is 17.0 Å². The summed E-state index contributed by atoms with van der Waals surface area (Å²) in [6.07, 6.45) is 4.29. The Hall–Kier alpha value is -6.21. The predicted molar refractivity (Wildman–Crippen MR) is 156 cm³/mol. The second-order valence-corrected chi connectivity index (χ2v) is 9.18. The molecule has 0 saturated carbocycles. The number of hydrogen-bond acceptors (Lipinski definition) is 8. The fraction of sp³-hybridized carbons (Fsp3) is 0.0312. The molecule has 204 valence electrons. The van der Waals surface area contributed by atoms with Gasteiger partial charge in [0, 0.05) is 23.2 Å². The highest BCUT2D eigenvalue weighted by Gasteiger charge is 2.17. The number of H-pyrrole nitrogens is 1. The molecule has 2 N–H and O–H groups in total. The first-order valence-corrected chi connectivity index (χ1v) is 12.8. The van der Waals surface area contributed by atoms with Crippen molar-refractivity contribution in [1.29, 1.82) is 5.26 Å². The van der Waals surface area contributed by atoms with E-state index in [9.17, 15) is 20.0 Å². The van der Waals surface area contributed by atoms with Crippen LogP contribution in [0.15, 0.2) is 112 Å². The second kappa shape index (κ2) is 11.1. The number of ether oxygens (including phenoxy) is 1. The number of aromatic amines is 1. The number of benzene rings is 3. The molecule has 3 heterocycles. The van der Waals surface area contributed by atoms with Gasteiger partial charge >= 0.3 is 11.6 Å². The topological polar surface area (TPSA) is 147 Å². The number of hydrogen-bond donors (Lipinski definition) is 2. The van der Waals surface area contributed by atoms with Crippen LogP contribution in [0.4, 0.5) is 0 Å². The minimum absolute atomic E-state index is 0.141. The first-order chi connectivity index (χ1) is 20.5. The number of allylic oxidation sites excluding steroid dienone is 1. The maximum Gasteiger partial charge on any atom is 0.345 e. The summed E-state index contributed by atoms with van der Waals surface area (Å²) in [7, 11) is 0. The fourth-order valence-electron chi connectivity index (χ4n) is 4.40. The summed E-state index contributed by atoms with van der Waals surface area (Å²) in [5.74, 6) is -1.08. The van der Waals surface area contributed by atoms with Crippen LogP contribution >= 0.6 is 0 Å². The number of carbonyl (C=O) groups is 1.